The largest absolute Gasteiger partial charge is 0.433 e. The number of unbranched alkanes of at least 4 members (excludes halogenated alkanes) is 1. The Bertz CT molecular complexity index is 138. The zero-order valence-corrected chi connectivity index (χ0v) is 6.91. The van der Waals surface area contributed by atoms with Crippen LogP contribution in [0.1, 0.15) is 26.7 Å². The van der Waals surface area contributed by atoms with Gasteiger partial charge in [0.1, 0.15) is 6.10 Å². The number of esters is 1. The van der Waals surface area contributed by atoms with E-state index in [2.05, 4.69) is 4.74 Å². The van der Waals surface area contributed by atoms with E-state index in [-0.39, 0.29) is 0 Å². The van der Waals surface area contributed by atoms with Crippen LogP contribution in [0.5, 0.6) is 0 Å². The molecule has 0 bridgehead atoms. The molecule has 0 saturated carbocycles. The summed E-state index contributed by atoms with van der Waals surface area (Å²) in [6.45, 7) is 3.40. The van der Waals surface area contributed by atoms with Gasteiger partial charge in [0.2, 0.25) is 0 Å². The fraction of sp³-hybridized carbons (Fsp3) is 0.625. The summed E-state index contributed by atoms with van der Waals surface area (Å²) in [5, 5.41) is 8.67. The molecular formula is C8H14O3. The molecule has 1 N–H and O–H groups in total. The highest BCUT2D eigenvalue weighted by Crippen LogP contribution is 1.91. The van der Waals surface area contributed by atoms with Crippen LogP contribution in [-0.4, -0.2) is 17.2 Å². The summed E-state index contributed by atoms with van der Waals surface area (Å²) in [5.74, 6) is -0.614. The van der Waals surface area contributed by atoms with Crippen molar-refractivity contribution in [2.24, 2.45) is 0 Å². The van der Waals surface area contributed by atoms with Crippen molar-refractivity contribution >= 4 is 5.97 Å². The molecule has 64 valence electrons. The molecule has 0 amide bonds. The molecule has 0 aromatic carbocycles. The van der Waals surface area contributed by atoms with Crippen LogP contribution in [0.4, 0.5) is 0 Å². The van der Waals surface area contributed by atoms with Crippen LogP contribution >= 0.6 is 0 Å². The maximum absolute atomic E-state index is 10.6. The second-order valence-corrected chi connectivity index (χ2v) is 2.27. The van der Waals surface area contributed by atoms with Crippen LogP contribution in [0.15, 0.2) is 12.3 Å². The van der Waals surface area contributed by atoms with Crippen molar-refractivity contribution in [3.63, 3.8) is 0 Å². The highest BCUT2D eigenvalue weighted by molar-refractivity contribution is 5.74. The quantitative estimate of drug-likeness (QED) is 0.494. The van der Waals surface area contributed by atoms with Gasteiger partial charge in [-0.1, -0.05) is 13.3 Å². The average Bonchev–Trinajstić information content (AvgIpc) is 1.97. The molecule has 3 heteroatoms. The lowest BCUT2D eigenvalue weighted by molar-refractivity contribution is -0.146. The van der Waals surface area contributed by atoms with Gasteiger partial charge in [0.05, 0.1) is 6.26 Å². The second-order valence-electron chi connectivity index (χ2n) is 2.27. The molecule has 0 spiro atoms. The predicted molar refractivity (Wildman–Crippen MR) is 41.8 cm³/mol. The Balaban J connectivity index is 3.45. The lowest BCUT2D eigenvalue weighted by Gasteiger charge is -1.99. The Kier molecular flexibility index (Phi) is 5.47. The number of aliphatic hydroxyl groups excluding tert-OH is 1. The second kappa shape index (κ2) is 5.92. The van der Waals surface area contributed by atoms with E-state index in [1.165, 1.54) is 13.2 Å². The molecule has 0 fully saturated rings. The van der Waals surface area contributed by atoms with Gasteiger partial charge >= 0.3 is 5.97 Å². The van der Waals surface area contributed by atoms with E-state index < -0.39 is 12.1 Å². The number of allylic oxidation sites excluding steroid dienone is 1. The van der Waals surface area contributed by atoms with E-state index in [0.29, 0.717) is 0 Å². The minimum atomic E-state index is -1.04. The van der Waals surface area contributed by atoms with E-state index in [4.69, 9.17) is 5.11 Å². The molecule has 0 rings (SSSR count). The SMILES string of the molecule is CCCC=COC(=O)C(C)O. The van der Waals surface area contributed by atoms with Crippen LogP contribution in [0.3, 0.4) is 0 Å². The molecule has 0 aliphatic heterocycles. The first kappa shape index (κ1) is 10.2. The van der Waals surface area contributed by atoms with Gasteiger partial charge in [0.25, 0.3) is 0 Å². The topological polar surface area (TPSA) is 46.5 Å². The number of hydrogen-bond acceptors (Lipinski definition) is 3. The van der Waals surface area contributed by atoms with E-state index in [1.807, 2.05) is 6.92 Å². The molecule has 11 heavy (non-hydrogen) atoms. The lowest BCUT2D eigenvalue weighted by Crippen LogP contribution is -2.16. The van der Waals surface area contributed by atoms with Gasteiger partial charge in [0.15, 0.2) is 0 Å². The van der Waals surface area contributed by atoms with Crippen molar-refractivity contribution in [3.8, 4) is 0 Å². The molecule has 0 heterocycles. The number of ether oxygens (including phenoxy) is 1. The van der Waals surface area contributed by atoms with Crippen LogP contribution in [-0.2, 0) is 9.53 Å². The number of carbonyl (C=O) groups excluding carboxylic acids is 1. The highest BCUT2D eigenvalue weighted by atomic mass is 16.5. The molecule has 0 aromatic heterocycles. The average molecular weight is 158 g/mol. The Labute approximate surface area is 66.7 Å². The van der Waals surface area contributed by atoms with E-state index >= 15 is 0 Å². The summed E-state index contributed by atoms with van der Waals surface area (Å²) in [6, 6.07) is 0. The normalized spacial score (nSPS) is 13.4. The number of rotatable bonds is 4. The fourth-order valence-electron chi connectivity index (χ4n) is 0.448. The van der Waals surface area contributed by atoms with Gasteiger partial charge in [-0.25, -0.2) is 4.79 Å². The third-order valence-corrected chi connectivity index (χ3v) is 1.08. The van der Waals surface area contributed by atoms with E-state index in [0.717, 1.165) is 12.8 Å². The van der Waals surface area contributed by atoms with Crippen molar-refractivity contribution in [3.05, 3.63) is 12.3 Å². The summed E-state index contributed by atoms with van der Waals surface area (Å²) in [4.78, 5) is 10.6. The zero-order chi connectivity index (χ0) is 8.69. The summed E-state index contributed by atoms with van der Waals surface area (Å²) >= 11 is 0. The number of carbonyl (C=O) groups is 1. The molecule has 0 aliphatic rings. The first-order chi connectivity index (χ1) is 5.18. The van der Waals surface area contributed by atoms with Crippen molar-refractivity contribution in [2.75, 3.05) is 0 Å². The minimum Gasteiger partial charge on any atom is -0.433 e. The molecule has 3 nitrogen and oxygen atoms in total. The van der Waals surface area contributed by atoms with Crippen molar-refractivity contribution in [2.45, 2.75) is 32.8 Å². The Morgan fingerprint density at radius 1 is 1.73 bits per heavy atom. The first-order valence-corrected chi connectivity index (χ1v) is 3.72. The van der Waals surface area contributed by atoms with Crippen molar-refractivity contribution < 1.29 is 14.6 Å². The van der Waals surface area contributed by atoms with Crippen LogP contribution in [0, 0.1) is 0 Å². The van der Waals surface area contributed by atoms with Crippen molar-refractivity contribution in [1.82, 2.24) is 0 Å². The number of hydrogen-bond donors (Lipinski definition) is 1. The monoisotopic (exact) mass is 158 g/mol. The molecule has 1 unspecified atom stereocenters. The van der Waals surface area contributed by atoms with Gasteiger partial charge in [-0.05, 0) is 19.4 Å². The summed E-state index contributed by atoms with van der Waals surface area (Å²) in [7, 11) is 0. The zero-order valence-electron chi connectivity index (χ0n) is 6.91. The standard InChI is InChI=1S/C8H14O3/c1-3-4-5-6-11-8(10)7(2)9/h5-7,9H,3-4H2,1-2H3. The summed E-state index contributed by atoms with van der Waals surface area (Å²) < 4.78 is 4.54. The summed E-state index contributed by atoms with van der Waals surface area (Å²) in [6.07, 6.45) is 3.93. The molecular weight excluding hydrogens is 144 g/mol. The molecule has 0 saturated heterocycles. The van der Waals surface area contributed by atoms with Crippen LogP contribution in [0.25, 0.3) is 0 Å². The lowest BCUT2D eigenvalue weighted by atomic mass is 10.3. The third kappa shape index (κ3) is 5.61. The molecule has 0 aliphatic carbocycles. The first-order valence-electron chi connectivity index (χ1n) is 3.72. The smallest absolute Gasteiger partial charge is 0.339 e. The van der Waals surface area contributed by atoms with Gasteiger partial charge in [-0.2, -0.15) is 0 Å². The predicted octanol–water partition coefficient (Wildman–Crippen LogP) is 1.22. The fourth-order valence-corrected chi connectivity index (χ4v) is 0.448. The van der Waals surface area contributed by atoms with Gasteiger partial charge < -0.3 is 9.84 Å². The summed E-state index contributed by atoms with van der Waals surface area (Å²) in [5.41, 5.74) is 0. The third-order valence-electron chi connectivity index (χ3n) is 1.08. The van der Waals surface area contributed by atoms with Crippen LogP contribution < -0.4 is 0 Å². The molecule has 1 atom stereocenters. The maximum atomic E-state index is 10.6. The Hall–Kier alpha value is -0.830. The Morgan fingerprint density at radius 2 is 2.36 bits per heavy atom. The molecule has 0 aromatic rings. The Morgan fingerprint density at radius 3 is 2.82 bits per heavy atom. The van der Waals surface area contributed by atoms with E-state index in [1.54, 1.807) is 6.08 Å². The minimum absolute atomic E-state index is 0.614. The van der Waals surface area contributed by atoms with Gasteiger partial charge in [-0.3, -0.25) is 0 Å². The molecule has 0 radical (unpaired) electrons. The maximum Gasteiger partial charge on any atom is 0.339 e. The van der Waals surface area contributed by atoms with E-state index in [9.17, 15) is 4.79 Å². The number of aliphatic hydroxyl groups is 1. The highest BCUT2D eigenvalue weighted by Gasteiger charge is 2.07. The van der Waals surface area contributed by atoms with Crippen LogP contribution in [0.2, 0.25) is 0 Å². The van der Waals surface area contributed by atoms with Gasteiger partial charge in [-0.15, -0.1) is 0 Å². The van der Waals surface area contributed by atoms with Gasteiger partial charge in [0, 0.05) is 0 Å². The van der Waals surface area contributed by atoms with Crippen molar-refractivity contribution in [1.29, 1.82) is 0 Å².